The fraction of sp³-hybridized carbons (Fsp3) is 0.0769. The number of nitrogens with one attached hydrogen (secondary N) is 1. The number of thiophene rings is 1. The van der Waals surface area contributed by atoms with E-state index in [0.717, 1.165) is 16.5 Å². The summed E-state index contributed by atoms with van der Waals surface area (Å²) in [6, 6.07) is 2.34. The maximum atomic E-state index is 13.6. The molecular weight excluding hydrogens is 303 g/mol. The maximum absolute atomic E-state index is 13.6. The topological polar surface area (TPSA) is 66.0 Å². The molecule has 0 amide bonds. The second kappa shape index (κ2) is 4.57. The monoisotopic (exact) mass is 310 g/mol. The van der Waals surface area contributed by atoms with Crippen molar-refractivity contribution < 1.29 is 14.3 Å². The second-order valence-corrected chi connectivity index (χ2v) is 5.56. The summed E-state index contributed by atoms with van der Waals surface area (Å²) in [4.78, 5) is 18.9. The van der Waals surface area contributed by atoms with E-state index in [2.05, 4.69) is 9.97 Å². The Morgan fingerprint density at radius 1 is 1.50 bits per heavy atom. The van der Waals surface area contributed by atoms with Crippen LogP contribution < -0.4 is 0 Å². The van der Waals surface area contributed by atoms with Crippen LogP contribution in [0.4, 0.5) is 4.39 Å². The molecule has 0 saturated carbocycles. The Hall–Kier alpha value is -1.92. The number of aromatic amines is 1. The maximum Gasteiger partial charge on any atom is 0.338 e. The molecule has 0 radical (unpaired) electrons. The number of carbonyl (C=O) groups is 1. The number of aryl methyl sites for hydroxylation is 1. The van der Waals surface area contributed by atoms with Gasteiger partial charge in [0.25, 0.3) is 0 Å². The summed E-state index contributed by atoms with van der Waals surface area (Å²) in [6.07, 6.45) is 0. The number of aromatic nitrogens is 2. The predicted octanol–water partition coefficient (Wildman–Crippen LogP) is 4.09. The number of hydrogen-bond acceptors (Lipinski definition) is 3. The van der Waals surface area contributed by atoms with Crippen molar-refractivity contribution >= 4 is 39.9 Å². The lowest BCUT2D eigenvalue weighted by Gasteiger charge is -1.95. The number of H-pyrrole nitrogens is 1. The predicted molar refractivity (Wildman–Crippen MR) is 76.1 cm³/mol. The molecule has 0 aliphatic rings. The smallest absolute Gasteiger partial charge is 0.338 e. The molecule has 4 nitrogen and oxygen atoms in total. The number of nitrogens with zero attached hydrogens (tertiary/aromatic N) is 1. The molecule has 3 aromatic rings. The van der Waals surface area contributed by atoms with Crippen molar-refractivity contribution in [3.63, 3.8) is 0 Å². The second-order valence-electron chi connectivity index (χ2n) is 4.30. The van der Waals surface area contributed by atoms with Crippen molar-refractivity contribution in [3.05, 3.63) is 39.5 Å². The number of carboxylic acid groups (broad SMARTS) is 1. The minimum Gasteiger partial charge on any atom is -0.478 e. The highest BCUT2D eigenvalue weighted by Gasteiger charge is 2.16. The average molecular weight is 311 g/mol. The van der Waals surface area contributed by atoms with E-state index in [-0.39, 0.29) is 0 Å². The van der Waals surface area contributed by atoms with Crippen molar-refractivity contribution in [2.75, 3.05) is 0 Å². The zero-order valence-corrected chi connectivity index (χ0v) is 11.8. The van der Waals surface area contributed by atoms with Crippen LogP contribution in [-0.4, -0.2) is 21.0 Å². The number of fused-ring (bicyclic) bond motifs is 1. The van der Waals surface area contributed by atoms with Crippen molar-refractivity contribution in [3.8, 4) is 10.7 Å². The van der Waals surface area contributed by atoms with E-state index in [1.165, 1.54) is 17.4 Å². The van der Waals surface area contributed by atoms with E-state index in [4.69, 9.17) is 16.7 Å². The molecule has 2 N–H and O–H groups in total. The van der Waals surface area contributed by atoms with Crippen molar-refractivity contribution in [1.29, 1.82) is 0 Å². The van der Waals surface area contributed by atoms with Crippen LogP contribution in [0.15, 0.2) is 17.5 Å². The van der Waals surface area contributed by atoms with Gasteiger partial charge in [-0.15, -0.1) is 11.3 Å². The van der Waals surface area contributed by atoms with E-state index in [0.29, 0.717) is 21.9 Å². The van der Waals surface area contributed by atoms with Crippen molar-refractivity contribution in [2.45, 2.75) is 6.92 Å². The van der Waals surface area contributed by atoms with Gasteiger partial charge in [-0.05, 0) is 23.9 Å². The van der Waals surface area contributed by atoms with Gasteiger partial charge in [-0.1, -0.05) is 11.6 Å². The van der Waals surface area contributed by atoms with E-state index >= 15 is 0 Å². The first kappa shape index (κ1) is 13.1. The minimum absolute atomic E-state index is 0.390. The molecule has 2 aromatic heterocycles. The molecule has 3 rings (SSSR count). The fourth-order valence-electron chi connectivity index (χ4n) is 1.89. The Morgan fingerprint density at radius 3 is 2.85 bits per heavy atom. The Labute approximate surface area is 121 Å². The Morgan fingerprint density at radius 2 is 2.25 bits per heavy atom. The third kappa shape index (κ3) is 1.97. The Bertz CT molecular complexity index is 840. The normalized spacial score (nSPS) is 11.2. The highest BCUT2D eigenvalue weighted by atomic mass is 35.5. The van der Waals surface area contributed by atoms with Gasteiger partial charge in [-0.3, -0.25) is 0 Å². The lowest BCUT2D eigenvalue weighted by atomic mass is 10.2. The largest absolute Gasteiger partial charge is 0.478 e. The molecule has 0 aliphatic heterocycles. The zero-order chi connectivity index (χ0) is 14.4. The van der Waals surface area contributed by atoms with Gasteiger partial charge < -0.3 is 10.1 Å². The van der Waals surface area contributed by atoms with Gasteiger partial charge in [0.15, 0.2) is 0 Å². The quantitative estimate of drug-likeness (QED) is 0.749. The number of benzene rings is 1. The molecule has 0 spiro atoms. The highest BCUT2D eigenvalue weighted by molar-refractivity contribution is 7.14. The van der Waals surface area contributed by atoms with Crippen molar-refractivity contribution in [2.24, 2.45) is 0 Å². The van der Waals surface area contributed by atoms with Gasteiger partial charge in [0.2, 0.25) is 0 Å². The van der Waals surface area contributed by atoms with Crippen molar-refractivity contribution in [1.82, 2.24) is 9.97 Å². The number of carboxylic acids is 1. The van der Waals surface area contributed by atoms with Crippen LogP contribution >= 0.6 is 22.9 Å². The van der Waals surface area contributed by atoms with E-state index < -0.39 is 17.3 Å². The van der Waals surface area contributed by atoms with Crippen LogP contribution in [0.3, 0.4) is 0 Å². The van der Waals surface area contributed by atoms with Crippen LogP contribution in [0, 0.1) is 12.7 Å². The average Bonchev–Trinajstić information content (AvgIpc) is 2.92. The molecule has 0 aliphatic carbocycles. The van der Waals surface area contributed by atoms with Gasteiger partial charge >= 0.3 is 5.97 Å². The first-order valence-electron chi connectivity index (χ1n) is 5.64. The van der Waals surface area contributed by atoms with Crippen LogP contribution in [-0.2, 0) is 0 Å². The molecule has 0 bridgehead atoms. The van der Waals surface area contributed by atoms with Crippen LogP contribution in [0.5, 0.6) is 0 Å². The molecule has 0 fully saturated rings. The third-order valence-electron chi connectivity index (χ3n) is 2.92. The lowest BCUT2D eigenvalue weighted by molar-refractivity contribution is 0.0692. The number of aromatic carboxylic acids is 1. The minimum atomic E-state index is -1.32. The Kier molecular flexibility index (Phi) is 2.99. The molecule has 0 unspecified atom stereocenters. The summed E-state index contributed by atoms with van der Waals surface area (Å²) in [5, 5.41) is 11.4. The van der Waals surface area contributed by atoms with E-state index in [1.54, 1.807) is 0 Å². The number of halogens is 2. The van der Waals surface area contributed by atoms with Gasteiger partial charge in [0.05, 0.1) is 26.5 Å². The SMILES string of the molecule is Cc1csc(-c2nc3cc(C(=O)O)c(F)cc3[nH]2)c1Cl. The van der Waals surface area contributed by atoms with E-state index in [1.807, 2.05) is 12.3 Å². The number of rotatable bonds is 2. The summed E-state index contributed by atoms with van der Waals surface area (Å²) in [5.74, 6) is -1.61. The van der Waals surface area contributed by atoms with Crippen LogP contribution in [0.25, 0.3) is 21.7 Å². The molecule has 2 heterocycles. The highest BCUT2D eigenvalue weighted by Crippen LogP contribution is 2.35. The number of hydrogen-bond donors (Lipinski definition) is 2. The summed E-state index contributed by atoms with van der Waals surface area (Å²) in [6.45, 7) is 1.88. The molecule has 0 saturated heterocycles. The molecule has 0 atom stereocenters. The summed E-state index contributed by atoms with van der Waals surface area (Å²) in [7, 11) is 0. The van der Waals surface area contributed by atoms with Crippen LogP contribution in [0.1, 0.15) is 15.9 Å². The van der Waals surface area contributed by atoms with Gasteiger partial charge in [0.1, 0.15) is 11.6 Å². The standard InChI is InChI=1S/C13H8ClFN2O2S/c1-5-4-20-11(10(5)14)12-16-8-2-6(13(18)19)7(15)3-9(8)17-12/h2-4H,1H3,(H,16,17)(H,18,19). The Balaban J connectivity index is 2.21. The van der Waals surface area contributed by atoms with Gasteiger partial charge in [-0.25, -0.2) is 14.2 Å². The summed E-state index contributed by atoms with van der Waals surface area (Å²) in [5.41, 5.74) is 1.36. The van der Waals surface area contributed by atoms with Crippen LogP contribution in [0.2, 0.25) is 5.02 Å². The first-order valence-corrected chi connectivity index (χ1v) is 6.89. The first-order chi connectivity index (χ1) is 9.47. The third-order valence-corrected chi connectivity index (χ3v) is 4.62. The zero-order valence-electron chi connectivity index (χ0n) is 10.2. The molecule has 102 valence electrons. The molecular formula is C13H8ClFN2O2S. The van der Waals surface area contributed by atoms with Gasteiger partial charge in [-0.2, -0.15) is 0 Å². The van der Waals surface area contributed by atoms with Gasteiger partial charge in [0, 0.05) is 6.07 Å². The molecule has 1 aromatic carbocycles. The fourth-order valence-corrected chi connectivity index (χ4v) is 3.12. The summed E-state index contributed by atoms with van der Waals surface area (Å²) >= 11 is 7.59. The molecule has 7 heteroatoms. The number of imidazole rings is 1. The lowest BCUT2D eigenvalue weighted by Crippen LogP contribution is -1.99. The molecule has 20 heavy (non-hydrogen) atoms. The summed E-state index contributed by atoms with van der Waals surface area (Å²) < 4.78 is 13.6. The van der Waals surface area contributed by atoms with E-state index in [9.17, 15) is 9.18 Å².